The summed E-state index contributed by atoms with van der Waals surface area (Å²) >= 11 is 5.89. The van der Waals surface area contributed by atoms with Gasteiger partial charge in [-0.1, -0.05) is 17.7 Å². The van der Waals surface area contributed by atoms with Gasteiger partial charge >= 0.3 is 5.97 Å². The van der Waals surface area contributed by atoms with E-state index in [9.17, 15) is 14.3 Å². The number of aliphatic carboxylic acids is 1. The van der Waals surface area contributed by atoms with Gasteiger partial charge in [0, 0.05) is 30.1 Å². The number of benzene rings is 2. The Balaban J connectivity index is 2.01. The van der Waals surface area contributed by atoms with E-state index in [2.05, 4.69) is 15.3 Å². The Bertz CT molecular complexity index is 1130. The Morgan fingerprint density at radius 1 is 1.28 bits per heavy atom. The predicted octanol–water partition coefficient (Wildman–Crippen LogP) is 3.62. The predicted molar refractivity (Wildman–Crippen MR) is 122 cm³/mol. The van der Waals surface area contributed by atoms with Crippen LogP contribution in [0, 0.1) is 5.82 Å². The lowest BCUT2D eigenvalue weighted by Gasteiger charge is -2.27. The Kier molecular flexibility index (Phi) is 7.44. The number of likely N-dealkylation sites (N-methyl/N-ethyl adjacent to an activating group) is 2. The molecule has 0 fully saturated rings. The first-order chi connectivity index (χ1) is 15.2. The van der Waals surface area contributed by atoms with E-state index in [0.717, 1.165) is 5.56 Å². The molecule has 0 spiro atoms. The second-order valence-electron chi connectivity index (χ2n) is 7.66. The first-order valence-corrected chi connectivity index (χ1v) is 10.2. The van der Waals surface area contributed by atoms with E-state index in [-0.39, 0.29) is 10.7 Å². The van der Waals surface area contributed by atoms with E-state index >= 15 is 0 Å². The molecule has 1 unspecified atom stereocenters. The molecule has 0 bridgehead atoms. The zero-order valence-corrected chi connectivity index (χ0v) is 19.0. The number of rotatable bonds is 9. The standard InChI is InChI=1S/C22H25ClFN5O3/c1-28(2)11-18(22(30)31)29(3)10-13-8-14-17(9-19(13)32-4)25-12-26-21(14)27-16-7-5-6-15(23)20(16)24/h5-9,12,18H,10-11H2,1-4H3,(H,30,31)(H,25,26,27). The molecule has 0 aliphatic heterocycles. The first-order valence-electron chi connectivity index (χ1n) is 9.81. The Morgan fingerprint density at radius 2 is 2.03 bits per heavy atom. The van der Waals surface area contributed by atoms with Crippen LogP contribution in [0.15, 0.2) is 36.7 Å². The Hall–Kier alpha value is -3.01. The summed E-state index contributed by atoms with van der Waals surface area (Å²) < 4.78 is 19.9. The SMILES string of the molecule is COc1cc2ncnc(Nc3cccc(Cl)c3F)c2cc1CN(C)C(CN(C)C)C(=O)O. The lowest BCUT2D eigenvalue weighted by atomic mass is 10.1. The summed E-state index contributed by atoms with van der Waals surface area (Å²) in [7, 11) is 6.93. The number of aromatic nitrogens is 2. The fourth-order valence-corrected chi connectivity index (χ4v) is 3.58. The van der Waals surface area contributed by atoms with Crippen molar-refractivity contribution in [3.63, 3.8) is 0 Å². The second-order valence-corrected chi connectivity index (χ2v) is 8.07. The molecule has 1 heterocycles. The number of carboxylic acid groups (broad SMARTS) is 1. The van der Waals surface area contributed by atoms with Crippen LogP contribution in [0.2, 0.25) is 5.02 Å². The molecule has 1 atom stereocenters. The number of anilines is 2. The van der Waals surface area contributed by atoms with Gasteiger partial charge in [-0.25, -0.2) is 14.4 Å². The summed E-state index contributed by atoms with van der Waals surface area (Å²) in [5.41, 5.74) is 1.53. The van der Waals surface area contributed by atoms with Gasteiger partial charge in [0.25, 0.3) is 0 Å². The van der Waals surface area contributed by atoms with Gasteiger partial charge in [0.15, 0.2) is 5.82 Å². The van der Waals surface area contributed by atoms with Crippen molar-refractivity contribution in [2.75, 3.05) is 40.1 Å². The molecule has 0 aliphatic rings. The zero-order valence-electron chi connectivity index (χ0n) is 18.3. The van der Waals surface area contributed by atoms with Crippen LogP contribution in [0.4, 0.5) is 15.9 Å². The third kappa shape index (κ3) is 5.24. The topological polar surface area (TPSA) is 90.8 Å². The average molecular weight is 462 g/mol. The molecule has 2 N–H and O–H groups in total. The number of nitrogens with zero attached hydrogens (tertiary/aromatic N) is 4. The first kappa shape index (κ1) is 23.6. The van der Waals surface area contributed by atoms with Gasteiger partial charge in [-0.05, 0) is 39.3 Å². The number of carbonyl (C=O) groups is 1. The van der Waals surface area contributed by atoms with Crippen molar-refractivity contribution in [3.05, 3.63) is 53.1 Å². The summed E-state index contributed by atoms with van der Waals surface area (Å²) in [4.78, 5) is 23.9. The van der Waals surface area contributed by atoms with Gasteiger partial charge in [0.2, 0.25) is 0 Å². The highest BCUT2D eigenvalue weighted by Crippen LogP contribution is 2.32. The van der Waals surface area contributed by atoms with Crippen LogP contribution in [0.25, 0.3) is 10.9 Å². The van der Waals surface area contributed by atoms with Crippen LogP contribution >= 0.6 is 11.6 Å². The summed E-state index contributed by atoms with van der Waals surface area (Å²) in [5, 5.41) is 13.3. The van der Waals surface area contributed by atoms with Crippen LogP contribution in [0.1, 0.15) is 5.56 Å². The lowest BCUT2D eigenvalue weighted by Crippen LogP contribution is -2.44. The van der Waals surface area contributed by atoms with Crippen LogP contribution in [0.3, 0.4) is 0 Å². The summed E-state index contributed by atoms with van der Waals surface area (Å²) in [6.45, 7) is 0.662. The minimum Gasteiger partial charge on any atom is -0.496 e. The molecule has 10 heteroatoms. The third-order valence-electron chi connectivity index (χ3n) is 5.02. The van der Waals surface area contributed by atoms with Crippen LogP contribution < -0.4 is 10.1 Å². The fraction of sp³-hybridized carbons (Fsp3) is 0.318. The molecule has 2 aromatic carbocycles. The largest absolute Gasteiger partial charge is 0.496 e. The quantitative estimate of drug-likeness (QED) is 0.499. The number of carboxylic acids is 1. The summed E-state index contributed by atoms with van der Waals surface area (Å²) in [6, 6.07) is 7.52. The Labute approximate surface area is 190 Å². The van der Waals surface area contributed by atoms with Crippen LogP contribution in [0.5, 0.6) is 5.75 Å². The highest BCUT2D eigenvalue weighted by atomic mass is 35.5. The van der Waals surface area contributed by atoms with Crippen molar-refractivity contribution in [3.8, 4) is 5.75 Å². The van der Waals surface area contributed by atoms with Crippen molar-refractivity contribution in [1.29, 1.82) is 0 Å². The molecular formula is C22H25ClFN5O3. The van der Waals surface area contributed by atoms with E-state index in [1.807, 2.05) is 25.1 Å². The third-order valence-corrected chi connectivity index (χ3v) is 5.31. The molecule has 0 amide bonds. The van der Waals surface area contributed by atoms with E-state index in [1.54, 1.807) is 37.3 Å². The van der Waals surface area contributed by atoms with Crippen LogP contribution in [-0.2, 0) is 11.3 Å². The molecule has 32 heavy (non-hydrogen) atoms. The van der Waals surface area contributed by atoms with E-state index in [1.165, 1.54) is 12.4 Å². The number of halogens is 2. The monoisotopic (exact) mass is 461 g/mol. The number of methoxy groups -OCH3 is 1. The normalized spacial score (nSPS) is 12.4. The van der Waals surface area contributed by atoms with E-state index in [4.69, 9.17) is 16.3 Å². The molecular weight excluding hydrogens is 437 g/mol. The molecule has 170 valence electrons. The summed E-state index contributed by atoms with van der Waals surface area (Å²) in [6.07, 6.45) is 1.37. The van der Waals surface area contributed by atoms with Crippen molar-refractivity contribution < 1.29 is 19.0 Å². The fourth-order valence-electron chi connectivity index (χ4n) is 3.40. The molecule has 0 radical (unpaired) electrons. The maximum absolute atomic E-state index is 14.4. The number of nitrogens with one attached hydrogen (secondary N) is 1. The minimum absolute atomic E-state index is 0.00190. The van der Waals surface area contributed by atoms with Crippen LogP contribution in [-0.4, -0.2) is 71.7 Å². The molecule has 1 aromatic heterocycles. The number of hydrogen-bond acceptors (Lipinski definition) is 7. The Morgan fingerprint density at radius 3 is 2.69 bits per heavy atom. The lowest BCUT2D eigenvalue weighted by molar-refractivity contribution is -0.143. The van der Waals surface area contributed by atoms with Crippen molar-refractivity contribution in [1.82, 2.24) is 19.8 Å². The second kappa shape index (κ2) is 10.1. The average Bonchev–Trinajstić information content (AvgIpc) is 2.74. The van der Waals surface area contributed by atoms with Gasteiger partial charge in [-0.3, -0.25) is 9.69 Å². The molecule has 8 nitrogen and oxygen atoms in total. The van der Waals surface area contributed by atoms with Crippen molar-refractivity contribution in [2.24, 2.45) is 0 Å². The van der Waals surface area contributed by atoms with Crippen molar-refractivity contribution in [2.45, 2.75) is 12.6 Å². The summed E-state index contributed by atoms with van der Waals surface area (Å²) in [5.74, 6) is -0.534. The molecule has 0 saturated heterocycles. The molecule has 0 saturated carbocycles. The van der Waals surface area contributed by atoms with Crippen molar-refractivity contribution >= 4 is 40.0 Å². The van der Waals surface area contributed by atoms with E-state index < -0.39 is 17.8 Å². The number of hydrogen-bond donors (Lipinski definition) is 2. The van der Waals surface area contributed by atoms with Gasteiger partial charge in [-0.15, -0.1) is 0 Å². The molecule has 3 rings (SSSR count). The number of ether oxygens (including phenoxy) is 1. The highest BCUT2D eigenvalue weighted by Gasteiger charge is 2.24. The number of fused-ring (bicyclic) bond motifs is 1. The van der Waals surface area contributed by atoms with Gasteiger partial charge < -0.3 is 20.1 Å². The van der Waals surface area contributed by atoms with E-state index in [0.29, 0.717) is 35.6 Å². The zero-order chi connectivity index (χ0) is 23.4. The van der Waals surface area contributed by atoms with Gasteiger partial charge in [-0.2, -0.15) is 0 Å². The minimum atomic E-state index is -0.914. The highest BCUT2D eigenvalue weighted by molar-refractivity contribution is 6.31. The maximum Gasteiger partial charge on any atom is 0.322 e. The van der Waals surface area contributed by atoms with Gasteiger partial charge in [0.05, 0.1) is 23.3 Å². The smallest absolute Gasteiger partial charge is 0.322 e. The van der Waals surface area contributed by atoms with Gasteiger partial charge in [0.1, 0.15) is 23.9 Å². The molecule has 0 aliphatic carbocycles. The molecule has 3 aromatic rings. The maximum atomic E-state index is 14.4.